The number of hydrogen-bond donors (Lipinski definition) is 0. The number of anilines is 1. The van der Waals surface area contributed by atoms with Crippen LogP contribution in [0.1, 0.15) is 6.42 Å². The van der Waals surface area contributed by atoms with Crippen molar-refractivity contribution in [3.05, 3.63) is 12.0 Å². The van der Waals surface area contributed by atoms with Crippen LogP contribution in [0.5, 0.6) is 6.01 Å². The number of carbonyl (C=O) groups excluding carboxylic acids is 1. The topological polar surface area (TPSA) is 67.8 Å². The predicted molar refractivity (Wildman–Crippen MR) is 76.6 cm³/mol. The number of aromatic nitrogens is 2. The van der Waals surface area contributed by atoms with Crippen LogP contribution in [0.2, 0.25) is 0 Å². The number of carbonyl (C=O) groups is 1. The van der Waals surface area contributed by atoms with Crippen LogP contribution in [0.4, 0.5) is 10.2 Å². The molecule has 1 atom stereocenters. The van der Waals surface area contributed by atoms with E-state index in [1.807, 2.05) is 9.80 Å². The molecule has 3 heterocycles. The van der Waals surface area contributed by atoms with Crippen molar-refractivity contribution in [1.29, 1.82) is 0 Å². The van der Waals surface area contributed by atoms with Crippen molar-refractivity contribution >= 4 is 12.1 Å². The molecule has 0 bridgehead atoms. The lowest BCUT2D eigenvalue weighted by molar-refractivity contribution is -0.108. The van der Waals surface area contributed by atoms with Gasteiger partial charge in [-0.25, -0.2) is 9.37 Å². The Balaban J connectivity index is 1.65. The van der Waals surface area contributed by atoms with Crippen LogP contribution in [0.25, 0.3) is 0 Å². The molecule has 0 aromatic carbocycles. The van der Waals surface area contributed by atoms with E-state index < -0.39 is 5.82 Å². The Bertz CT molecular complexity index is 525. The number of halogens is 1. The lowest BCUT2D eigenvalue weighted by Gasteiger charge is -2.28. The maximum absolute atomic E-state index is 13.9. The number of rotatable bonds is 5. The summed E-state index contributed by atoms with van der Waals surface area (Å²) in [4.78, 5) is 22.5. The third-order valence-corrected chi connectivity index (χ3v) is 3.85. The molecule has 2 saturated heterocycles. The van der Waals surface area contributed by atoms with E-state index in [9.17, 15) is 9.18 Å². The molecule has 1 unspecified atom stereocenters. The average Bonchev–Trinajstić information content (AvgIpc) is 2.98. The van der Waals surface area contributed by atoms with E-state index in [-0.39, 0.29) is 17.9 Å². The van der Waals surface area contributed by atoms with Gasteiger partial charge < -0.3 is 19.2 Å². The zero-order valence-corrected chi connectivity index (χ0v) is 12.3. The van der Waals surface area contributed by atoms with Gasteiger partial charge in [-0.05, 0) is 6.42 Å². The molecule has 0 aliphatic carbocycles. The molecule has 0 spiro atoms. The number of morpholine rings is 1. The fraction of sp³-hybridized carbons (Fsp3) is 0.643. The van der Waals surface area contributed by atoms with Gasteiger partial charge in [-0.3, -0.25) is 4.90 Å². The van der Waals surface area contributed by atoms with Crippen molar-refractivity contribution in [3.8, 4) is 6.01 Å². The minimum absolute atomic E-state index is 0.0667. The highest BCUT2D eigenvalue weighted by atomic mass is 19.1. The molecule has 1 aromatic heterocycles. The molecule has 2 fully saturated rings. The van der Waals surface area contributed by atoms with Crippen molar-refractivity contribution in [3.63, 3.8) is 0 Å². The molecular formula is C14H19FN4O3. The van der Waals surface area contributed by atoms with E-state index >= 15 is 0 Å². The number of hydrogen-bond acceptors (Lipinski definition) is 7. The first-order valence-corrected chi connectivity index (χ1v) is 7.44. The molecule has 3 rings (SSSR count). The molecule has 0 saturated carbocycles. The summed E-state index contributed by atoms with van der Waals surface area (Å²) in [5.41, 5.74) is 0. The van der Waals surface area contributed by atoms with E-state index in [4.69, 9.17) is 9.47 Å². The highest BCUT2D eigenvalue weighted by molar-refractivity contribution is 5.52. The quantitative estimate of drug-likeness (QED) is 0.715. The van der Waals surface area contributed by atoms with Gasteiger partial charge in [-0.1, -0.05) is 0 Å². The SMILES string of the molecule is O=CCN1CCC(Oc2ncc(F)c(N3CCOCC3)n2)C1. The second kappa shape index (κ2) is 6.97. The van der Waals surface area contributed by atoms with Gasteiger partial charge in [0.25, 0.3) is 0 Å². The van der Waals surface area contributed by atoms with E-state index in [2.05, 4.69) is 9.97 Å². The van der Waals surface area contributed by atoms with Crippen LogP contribution in [0, 0.1) is 5.82 Å². The maximum atomic E-state index is 13.9. The minimum Gasteiger partial charge on any atom is -0.459 e. The van der Waals surface area contributed by atoms with Crippen LogP contribution in [0.3, 0.4) is 0 Å². The fourth-order valence-electron chi connectivity index (χ4n) is 2.71. The molecule has 0 amide bonds. The number of ether oxygens (including phenoxy) is 2. The zero-order valence-electron chi connectivity index (χ0n) is 12.3. The summed E-state index contributed by atoms with van der Waals surface area (Å²) in [6.07, 6.45) is 2.77. The van der Waals surface area contributed by atoms with E-state index in [1.165, 1.54) is 0 Å². The monoisotopic (exact) mass is 310 g/mol. The number of likely N-dealkylation sites (tertiary alicyclic amines) is 1. The van der Waals surface area contributed by atoms with Gasteiger partial charge in [0.15, 0.2) is 11.6 Å². The normalized spacial score (nSPS) is 22.8. The summed E-state index contributed by atoms with van der Waals surface area (Å²) in [6.45, 7) is 4.19. The lowest BCUT2D eigenvalue weighted by Crippen LogP contribution is -2.37. The Kier molecular flexibility index (Phi) is 4.79. The first-order chi connectivity index (χ1) is 10.8. The summed E-state index contributed by atoms with van der Waals surface area (Å²) in [5, 5.41) is 0. The average molecular weight is 310 g/mol. The van der Waals surface area contributed by atoms with Crippen molar-refractivity contribution < 1.29 is 18.7 Å². The second-order valence-electron chi connectivity index (χ2n) is 5.38. The van der Waals surface area contributed by atoms with E-state index in [0.717, 1.165) is 25.4 Å². The molecule has 0 radical (unpaired) electrons. The van der Waals surface area contributed by atoms with Crippen LogP contribution < -0.4 is 9.64 Å². The first-order valence-electron chi connectivity index (χ1n) is 7.44. The summed E-state index contributed by atoms with van der Waals surface area (Å²) in [5.74, 6) is -0.195. The van der Waals surface area contributed by atoms with Gasteiger partial charge in [0, 0.05) is 26.2 Å². The van der Waals surface area contributed by atoms with Crippen molar-refractivity contribution in [2.45, 2.75) is 12.5 Å². The Labute approximate surface area is 128 Å². The van der Waals surface area contributed by atoms with Gasteiger partial charge in [0.2, 0.25) is 0 Å². The molecule has 2 aliphatic heterocycles. The summed E-state index contributed by atoms with van der Waals surface area (Å²) in [7, 11) is 0. The maximum Gasteiger partial charge on any atom is 0.318 e. The minimum atomic E-state index is -0.455. The Morgan fingerprint density at radius 1 is 1.41 bits per heavy atom. The molecule has 7 nitrogen and oxygen atoms in total. The Morgan fingerprint density at radius 2 is 2.23 bits per heavy atom. The highest BCUT2D eigenvalue weighted by Crippen LogP contribution is 2.21. The largest absolute Gasteiger partial charge is 0.459 e. The van der Waals surface area contributed by atoms with Crippen LogP contribution in [0.15, 0.2) is 6.20 Å². The van der Waals surface area contributed by atoms with Crippen molar-refractivity contribution in [1.82, 2.24) is 14.9 Å². The van der Waals surface area contributed by atoms with E-state index in [1.54, 1.807) is 0 Å². The third kappa shape index (κ3) is 3.50. The Morgan fingerprint density at radius 3 is 3.00 bits per heavy atom. The standard InChI is InChI=1S/C14H19FN4O3/c15-12-9-16-14(17-13(12)19-4-7-21-8-5-19)22-11-1-2-18(10-11)3-6-20/h6,9,11H,1-5,7-8,10H2. The summed E-state index contributed by atoms with van der Waals surface area (Å²) >= 11 is 0. The predicted octanol–water partition coefficient (Wildman–Crippen LogP) is 0.104. The van der Waals surface area contributed by atoms with Gasteiger partial charge in [-0.15, -0.1) is 0 Å². The third-order valence-electron chi connectivity index (χ3n) is 3.85. The van der Waals surface area contributed by atoms with Crippen LogP contribution >= 0.6 is 0 Å². The zero-order chi connectivity index (χ0) is 15.4. The van der Waals surface area contributed by atoms with Crippen molar-refractivity contribution in [2.24, 2.45) is 0 Å². The smallest absolute Gasteiger partial charge is 0.318 e. The number of aldehydes is 1. The molecule has 2 aliphatic rings. The molecule has 1 aromatic rings. The van der Waals surface area contributed by atoms with E-state index in [0.29, 0.717) is 39.4 Å². The molecule has 8 heteroatoms. The highest BCUT2D eigenvalue weighted by Gasteiger charge is 2.25. The first kappa shape index (κ1) is 15.1. The van der Waals surface area contributed by atoms with Gasteiger partial charge in [0.1, 0.15) is 12.4 Å². The van der Waals surface area contributed by atoms with Crippen LogP contribution in [-0.4, -0.2) is 73.2 Å². The second-order valence-corrected chi connectivity index (χ2v) is 5.38. The number of nitrogens with zero attached hydrogens (tertiary/aromatic N) is 4. The molecular weight excluding hydrogens is 291 g/mol. The van der Waals surface area contributed by atoms with Gasteiger partial charge in [-0.2, -0.15) is 4.98 Å². The molecule has 22 heavy (non-hydrogen) atoms. The van der Waals surface area contributed by atoms with Gasteiger partial charge >= 0.3 is 6.01 Å². The Hall–Kier alpha value is -1.80. The van der Waals surface area contributed by atoms with Crippen molar-refractivity contribution in [2.75, 3.05) is 50.8 Å². The van der Waals surface area contributed by atoms with Crippen LogP contribution in [-0.2, 0) is 9.53 Å². The summed E-state index contributed by atoms with van der Waals surface area (Å²) in [6, 6.07) is 0.181. The summed E-state index contributed by atoms with van der Waals surface area (Å²) < 4.78 is 24.9. The molecule has 120 valence electrons. The lowest BCUT2D eigenvalue weighted by atomic mass is 10.3. The fourth-order valence-corrected chi connectivity index (χ4v) is 2.71. The molecule has 0 N–H and O–H groups in total. The van der Waals surface area contributed by atoms with Gasteiger partial charge in [0.05, 0.1) is 26.0 Å².